The average Bonchev–Trinajstić information content (AvgIpc) is 2.87. The van der Waals surface area contributed by atoms with Gasteiger partial charge >= 0.3 is 0 Å². The molecule has 20 heavy (non-hydrogen) atoms. The summed E-state index contributed by atoms with van der Waals surface area (Å²) in [4.78, 5) is 12.3. The molecular formula is C16H21N3O. The van der Waals surface area contributed by atoms with Gasteiger partial charge in [-0.25, -0.2) is 0 Å². The summed E-state index contributed by atoms with van der Waals surface area (Å²) >= 11 is 0. The molecule has 4 nitrogen and oxygen atoms in total. The summed E-state index contributed by atoms with van der Waals surface area (Å²) in [6.45, 7) is 8.80. The third-order valence-corrected chi connectivity index (χ3v) is 3.40. The molecule has 1 N–H and O–H groups in total. The van der Waals surface area contributed by atoms with Gasteiger partial charge in [-0.2, -0.15) is 5.10 Å². The Balaban J connectivity index is 2.10. The van der Waals surface area contributed by atoms with Crippen LogP contribution in [0.15, 0.2) is 30.5 Å². The molecule has 0 saturated carbocycles. The number of hydrogen-bond acceptors (Lipinski definition) is 2. The van der Waals surface area contributed by atoms with Crippen LogP contribution in [0.4, 0.5) is 0 Å². The summed E-state index contributed by atoms with van der Waals surface area (Å²) in [5.74, 6) is -0.0546. The zero-order valence-corrected chi connectivity index (χ0v) is 12.5. The number of hydrogen-bond donors (Lipinski definition) is 1. The van der Waals surface area contributed by atoms with Gasteiger partial charge in [0.25, 0.3) is 5.91 Å². The number of amides is 1. The number of carbonyl (C=O) groups excluding carboxylic acids is 1. The molecular weight excluding hydrogens is 250 g/mol. The van der Waals surface area contributed by atoms with Crippen molar-refractivity contribution in [2.75, 3.05) is 0 Å². The molecule has 1 amide bonds. The van der Waals surface area contributed by atoms with Crippen molar-refractivity contribution >= 4 is 5.91 Å². The van der Waals surface area contributed by atoms with Crippen LogP contribution in [0, 0.1) is 13.8 Å². The van der Waals surface area contributed by atoms with E-state index in [0.29, 0.717) is 0 Å². The highest BCUT2D eigenvalue weighted by molar-refractivity contribution is 5.95. The fraction of sp³-hybridized carbons (Fsp3) is 0.375. The highest BCUT2D eigenvalue weighted by Crippen LogP contribution is 2.14. The van der Waals surface area contributed by atoms with Crippen LogP contribution < -0.4 is 5.32 Å². The monoisotopic (exact) mass is 271 g/mol. The van der Waals surface area contributed by atoms with Crippen LogP contribution in [0.5, 0.6) is 0 Å². The Bertz CT molecular complexity index is 616. The summed E-state index contributed by atoms with van der Waals surface area (Å²) < 4.78 is 1.86. The lowest BCUT2D eigenvalue weighted by Gasteiger charge is -2.13. The van der Waals surface area contributed by atoms with Gasteiger partial charge in [-0.1, -0.05) is 17.7 Å². The molecule has 4 heteroatoms. The van der Waals surface area contributed by atoms with Gasteiger partial charge in [-0.3, -0.25) is 9.48 Å². The number of nitrogens with one attached hydrogen (secondary N) is 1. The van der Waals surface area contributed by atoms with Crippen molar-refractivity contribution in [3.05, 3.63) is 52.8 Å². The van der Waals surface area contributed by atoms with Crippen LogP contribution in [-0.4, -0.2) is 15.7 Å². The first-order chi connectivity index (χ1) is 9.51. The lowest BCUT2D eigenvalue weighted by Crippen LogP contribution is -2.27. The SMILES string of the molecule is CCn1ccc(C(C)NC(=O)c2ccc(C)cc2C)n1. The van der Waals surface area contributed by atoms with Gasteiger partial charge in [-0.05, 0) is 45.4 Å². The van der Waals surface area contributed by atoms with E-state index in [4.69, 9.17) is 0 Å². The second kappa shape index (κ2) is 5.90. The van der Waals surface area contributed by atoms with Gasteiger partial charge in [0.2, 0.25) is 0 Å². The minimum atomic E-state index is -0.101. The van der Waals surface area contributed by atoms with Crippen molar-refractivity contribution in [1.82, 2.24) is 15.1 Å². The molecule has 0 bridgehead atoms. The van der Waals surface area contributed by atoms with Crippen LogP contribution >= 0.6 is 0 Å². The second-order valence-electron chi connectivity index (χ2n) is 5.11. The predicted molar refractivity (Wildman–Crippen MR) is 79.7 cm³/mol. The van der Waals surface area contributed by atoms with Gasteiger partial charge < -0.3 is 5.32 Å². The Hall–Kier alpha value is -2.10. The molecule has 0 aliphatic heterocycles. The van der Waals surface area contributed by atoms with Crippen molar-refractivity contribution in [3.63, 3.8) is 0 Å². The van der Waals surface area contributed by atoms with Crippen LogP contribution in [0.2, 0.25) is 0 Å². The van der Waals surface area contributed by atoms with E-state index >= 15 is 0 Å². The smallest absolute Gasteiger partial charge is 0.252 e. The molecule has 2 aromatic rings. The van der Waals surface area contributed by atoms with Crippen LogP contribution in [0.3, 0.4) is 0 Å². The number of benzene rings is 1. The fourth-order valence-corrected chi connectivity index (χ4v) is 2.20. The quantitative estimate of drug-likeness (QED) is 0.929. The van der Waals surface area contributed by atoms with E-state index in [0.717, 1.165) is 28.9 Å². The Morgan fingerprint density at radius 2 is 2.10 bits per heavy atom. The molecule has 0 fully saturated rings. The standard InChI is InChI=1S/C16H21N3O/c1-5-19-9-8-15(18-19)13(4)17-16(20)14-7-6-11(2)10-12(14)3/h6-10,13H,5H2,1-4H3,(H,17,20). The number of rotatable bonds is 4. The highest BCUT2D eigenvalue weighted by atomic mass is 16.1. The summed E-state index contributed by atoms with van der Waals surface area (Å²) in [5, 5.41) is 7.41. The van der Waals surface area contributed by atoms with E-state index < -0.39 is 0 Å². The Kier molecular flexibility index (Phi) is 4.23. The number of nitrogens with zero attached hydrogens (tertiary/aromatic N) is 2. The van der Waals surface area contributed by atoms with Crippen LogP contribution in [-0.2, 0) is 6.54 Å². The molecule has 1 unspecified atom stereocenters. The minimum absolute atomic E-state index is 0.0546. The maximum absolute atomic E-state index is 12.3. The fourth-order valence-electron chi connectivity index (χ4n) is 2.20. The molecule has 0 radical (unpaired) electrons. The number of aryl methyl sites for hydroxylation is 3. The molecule has 106 valence electrons. The first-order valence-corrected chi connectivity index (χ1v) is 6.92. The van der Waals surface area contributed by atoms with Crippen LogP contribution in [0.1, 0.15) is 47.1 Å². The molecule has 1 aromatic heterocycles. The molecule has 1 heterocycles. The first-order valence-electron chi connectivity index (χ1n) is 6.92. The van der Waals surface area contributed by atoms with Gasteiger partial charge in [0.15, 0.2) is 0 Å². The van der Waals surface area contributed by atoms with E-state index in [-0.39, 0.29) is 11.9 Å². The summed E-state index contributed by atoms with van der Waals surface area (Å²) in [7, 11) is 0. The third kappa shape index (κ3) is 3.07. The highest BCUT2D eigenvalue weighted by Gasteiger charge is 2.15. The summed E-state index contributed by atoms with van der Waals surface area (Å²) in [5.41, 5.74) is 3.75. The zero-order chi connectivity index (χ0) is 14.7. The van der Waals surface area contributed by atoms with Gasteiger partial charge in [0, 0.05) is 18.3 Å². The van der Waals surface area contributed by atoms with E-state index in [1.807, 2.05) is 62.8 Å². The molecule has 0 saturated heterocycles. The number of carbonyl (C=O) groups is 1. The molecule has 0 spiro atoms. The predicted octanol–water partition coefficient (Wildman–Crippen LogP) is 3.01. The van der Waals surface area contributed by atoms with Gasteiger partial charge in [0.1, 0.15) is 0 Å². The van der Waals surface area contributed by atoms with Crippen molar-refractivity contribution in [2.24, 2.45) is 0 Å². The third-order valence-electron chi connectivity index (χ3n) is 3.40. The molecule has 1 atom stereocenters. The Morgan fingerprint density at radius 3 is 2.70 bits per heavy atom. The van der Waals surface area contributed by atoms with Crippen LogP contribution in [0.25, 0.3) is 0 Å². The maximum Gasteiger partial charge on any atom is 0.252 e. The van der Waals surface area contributed by atoms with Gasteiger partial charge in [0.05, 0.1) is 11.7 Å². The molecule has 0 aliphatic rings. The Labute approximate surface area is 119 Å². The number of aromatic nitrogens is 2. The maximum atomic E-state index is 12.3. The molecule has 0 aliphatic carbocycles. The van der Waals surface area contributed by atoms with E-state index in [1.165, 1.54) is 0 Å². The van der Waals surface area contributed by atoms with Gasteiger partial charge in [-0.15, -0.1) is 0 Å². The average molecular weight is 271 g/mol. The first kappa shape index (κ1) is 14.3. The Morgan fingerprint density at radius 1 is 1.35 bits per heavy atom. The van der Waals surface area contributed by atoms with E-state index in [9.17, 15) is 4.79 Å². The minimum Gasteiger partial charge on any atom is -0.344 e. The van der Waals surface area contributed by atoms with Crippen molar-refractivity contribution in [3.8, 4) is 0 Å². The second-order valence-corrected chi connectivity index (χ2v) is 5.11. The van der Waals surface area contributed by atoms with Crippen molar-refractivity contribution < 1.29 is 4.79 Å². The zero-order valence-electron chi connectivity index (χ0n) is 12.5. The lowest BCUT2D eigenvalue weighted by atomic mass is 10.0. The molecule has 1 aromatic carbocycles. The molecule has 2 rings (SSSR count). The summed E-state index contributed by atoms with van der Waals surface area (Å²) in [6.07, 6.45) is 1.93. The van der Waals surface area contributed by atoms with Crippen molar-refractivity contribution in [1.29, 1.82) is 0 Å². The normalized spacial score (nSPS) is 12.2. The van der Waals surface area contributed by atoms with Crippen molar-refractivity contribution in [2.45, 2.75) is 40.3 Å². The van der Waals surface area contributed by atoms with E-state index in [1.54, 1.807) is 0 Å². The van der Waals surface area contributed by atoms with E-state index in [2.05, 4.69) is 10.4 Å². The topological polar surface area (TPSA) is 46.9 Å². The largest absolute Gasteiger partial charge is 0.344 e. The lowest BCUT2D eigenvalue weighted by molar-refractivity contribution is 0.0938. The summed E-state index contributed by atoms with van der Waals surface area (Å²) in [6, 6.07) is 7.69.